The predicted octanol–water partition coefficient (Wildman–Crippen LogP) is 2.23. The largest absolute Gasteiger partial charge is 0.490 e. The van der Waals surface area contributed by atoms with E-state index in [1.54, 1.807) is 0 Å². The molecule has 152 valence electrons. The third-order valence-electron chi connectivity index (χ3n) is 5.71. The molecule has 1 aromatic carbocycles. The molecule has 0 radical (unpaired) electrons. The standard InChI is InChI=1S/C20H29F2NO4/c21-15-9-16(22)11-17(10-15)27-14-20(26)13-23(8-5-18(20)24)12-19(25)6-3-1-2-4-7-19/h9-11,18,24-26H,1-8,12-14H2/t18-,20-/m0/s1. The van der Waals surface area contributed by atoms with Crippen LogP contribution >= 0.6 is 0 Å². The van der Waals surface area contributed by atoms with Crippen molar-refractivity contribution < 1.29 is 28.8 Å². The first-order valence-electron chi connectivity index (χ1n) is 9.72. The van der Waals surface area contributed by atoms with Crippen LogP contribution in [-0.2, 0) is 0 Å². The number of likely N-dealkylation sites (tertiary alicyclic amines) is 1. The summed E-state index contributed by atoms with van der Waals surface area (Å²) in [7, 11) is 0. The lowest BCUT2D eigenvalue weighted by molar-refractivity contribution is -0.148. The van der Waals surface area contributed by atoms with Crippen LogP contribution < -0.4 is 4.74 Å². The van der Waals surface area contributed by atoms with Gasteiger partial charge < -0.3 is 20.1 Å². The maximum absolute atomic E-state index is 13.3. The first-order valence-corrected chi connectivity index (χ1v) is 9.72. The Hall–Kier alpha value is -1.28. The van der Waals surface area contributed by atoms with Crippen LogP contribution in [0.25, 0.3) is 0 Å². The van der Waals surface area contributed by atoms with Crippen LogP contribution in [0.3, 0.4) is 0 Å². The molecule has 1 aliphatic carbocycles. The number of hydrogen-bond acceptors (Lipinski definition) is 5. The van der Waals surface area contributed by atoms with Gasteiger partial charge in [-0.05, 0) is 19.3 Å². The summed E-state index contributed by atoms with van der Waals surface area (Å²) in [4.78, 5) is 1.95. The van der Waals surface area contributed by atoms with E-state index < -0.39 is 28.9 Å². The summed E-state index contributed by atoms with van der Waals surface area (Å²) in [6, 6.07) is 2.81. The number of rotatable bonds is 5. The lowest BCUT2D eigenvalue weighted by Gasteiger charge is -2.44. The highest BCUT2D eigenvalue weighted by atomic mass is 19.1. The number of benzene rings is 1. The van der Waals surface area contributed by atoms with E-state index >= 15 is 0 Å². The van der Waals surface area contributed by atoms with Crippen LogP contribution in [0.4, 0.5) is 8.78 Å². The van der Waals surface area contributed by atoms with Crippen molar-refractivity contribution in [3.05, 3.63) is 29.8 Å². The van der Waals surface area contributed by atoms with Crippen molar-refractivity contribution >= 4 is 0 Å². The molecule has 1 saturated heterocycles. The summed E-state index contributed by atoms with van der Waals surface area (Å²) in [5, 5.41) is 32.1. The molecular formula is C20H29F2NO4. The van der Waals surface area contributed by atoms with Crippen molar-refractivity contribution in [2.24, 2.45) is 0 Å². The van der Waals surface area contributed by atoms with Crippen LogP contribution in [0.5, 0.6) is 5.75 Å². The molecular weight excluding hydrogens is 356 g/mol. The molecule has 0 spiro atoms. The summed E-state index contributed by atoms with van der Waals surface area (Å²) in [5.74, 6) is -1.57. The van der Waals surface area contributed by atoms with Crippen molar-refractivity contribution in [1.29, 1.82) is 0 Å². The van der Waals surface area contributed by atoms with Gasteiger partial charge in [0.05, 0.1) is 11.7 Å². The minimum atomic E-state index is -1.57. The molecule has 7 heteroatoms. The number of piperidine rings is 1. The van der Waals surface area contributed by atoms with Gasteiger partial charge in [0.25, 0.3) is 0 Å². The molecule has 0 amide bonds. The fourth-order valence-electron chi connectivity index (χ4n) is 4.20. The SMILES string of the molecule is O[C@H]1CCN(CC2(O)CCCCCC2)C[C@]1(O)COc1cc(F)cc(F)c1. The summed E-state index contributed by atoms with van der Waals surface area (Å²) >= 11 is 0. The Balaban J connectivity index is 1.62. The van der Waals surface area contributed by atoms with Crippen LogP contribution in [0.15, 0.2) is 18.2 Å². The highest BCUT2D eigenvalue weighted by molar-refractivity contribution is 5.24. The summed E-state index contributed by atoms with van der Waals surface area (Å²) in [5.41, 5.74) is -2.34. The molecule has 3 N–H and O–H groups in total. The molecule has 5 nitrogen and oxygen atoms in total. The van der Waals surface area contributed by atoms with Crippen molar-refractivity contribution in [3.63, 3.8) is 0 Å². The Labute approximate surface area is 158 Å². The second-order valence-corrected chi connectivity index (χ2v) is 8.15. The maximum Gasteiger partial charge on any atom is 0.137 e. The maximum atomic E-state index is 13.3. The number of halogens is 2. The van der Waals surface area contributed by atoms with Crippen LogP contribution in [0.2, 0.25) is 0 Å². The first kappa shape index (κ1) is 20.5. The average molecular weight is 385 g/mol. The molecule has 1 aromatic rings. The molecule has 0 bridgehead atoms. The second-order valence-electron chi connectivity index (χ2n) is 8.15. The quantitative estimate of drug-likeness (QED) is 0.678. The minimum Gasteiger partial charge on any atom is -0.490 e. The summed E-state index contributed by atoms with van der Waals surface area (Å²) in [6.07, 6.45) is 5.06. The number of aliphatic hydroxyl groups is 3. The van der Waals surface area contributed by atoms with E-state index in [9.17, 15) is 24.1 Å². The van der Waals surface area contributed by atoms with Crippen LogP contribution in [-0.4, -0.2) is 63.8 Å². The van der Waals surface area contributed by atoms with Crippen LogP contribution in [0, 0.1) is 11.6 Å². The molecule has 1 saturated carbocycles. The number of aliphatic hydroxyl groups excluding tert-OH is 1. The van der Waals surface area contributed by atoms with Gasteiger partial charge in [-0.3, -0.25) is 4.90 Å². The Morgan fingerprint density at radius 3 is 2.30 bits per heavy atom. The smallest absolute Gasteiger partial charge is 0.137 e. The molecule has 27 heavy (non-hydrogen) atoms. The fraction of sp³-hybridized carbons (Fsp3) is 0.700. The van der Waals surface area contributed by atoms with E-state index in [0.717, 1.165) is 56.7 Å². The zero-order valence-corrected chi connectivity index (χ0v) is 15.5. The van der Waals surface area contributed by atoms with E-state index in [1.165, 1.54) is 0 Å². The van der Waals surface area contributed by atoms with Crippen LogP contribution in [0.1, 0.15) is 44.9 Å². The average Bonchev–Trinajstić information content (AvgIpc) is 2.80. The highest BCUT2D eigenvalue weighted by Crippen LogP contribution is 2.31. The highest BCUT2D eigenvalue weighted by Gasteiger charge is 2.44. The molecule has 0 unspecified atom stereocenters. The van der Waals surface area contributed by atoms with Crippen molar-refractivity contribution in [2.45, 2.75) is 62.3 Å². The Bertz CT molecular complexity index is 616. The Kier molecular flexibility index (Phi) is 6.35. The molecule has 2 fully saturated rings. The number of hydrogen-bond donors (Lipinski definition) is 3. The summed E-state index contributed by atoms with van der Waals surface area (Å²) in [6.45, 7) is 0.858. The Morgan fingerprint density at radius 2 is 1.67 bits per heavy atom. The molecule has 3 rings (SSSR count). The topological polar surface area (TPSA) is 73.2 Å². The number of β-amino-alcohol motifs (C(OH)–C–C–N with tert-alkyl or cyclic N) is 2. The second kappa shape index (κ2) is 8.39. The zero-order chi connectivity index (χ0) is 19.5. The van der Waals surface area contributed by atoms with Gasteiger partial charge in [-0.1, -0.05) is 25.7 Å². The monoisotopic (exact) mass is 385 g/mol. The van der Waals surface area contributed by atoms with Crippen molar-refractivity contribution in [3.8, 4) is 5.75 Å². The lowest BCUT2D eigenvalue weighted by atomic mass is 9.87. The number of ether oxygens (including phenoxy) is 1. The van der Waals surface area contributed by atoms with E-state index in [2.05, 4.69) is 0 Å². The van der Waals surface area contributed by atoms with Gasteiger partial charge in [0.1, 0.15) is 29.6 Å². The van der Waals surface area contributed by atoms with E-state index in [1.807, 2.05) is 4.90 Å². The summed E-state index contributed by atoms with van der Waals surface area (Å²) < 4.78 is 32.0. The molecule has 0 aromatic heterocycles. The van der Waals surface area contributed by atoms with Gasteiger partial charge in [-0.2, -0.15) is 0 Å². The van der Waals surface area contributed by atoms with Gasteiger partial charge in [-0.15, -0.1) is 0 Å². The van der Waals surface area contributed by atoms with Crippen molar-refractivity contribution in [1.82, 2.24) is 4.90 Å². The number of nitrogens with zero attached hydrogens (tertiary/aromatic N) is 1. The first-order chi connectivity index (χ1) is 12.8. The van der Waals surface area contributed by atoms with E-state index in [-0.39, 0.29) is 18.9 Å². The van der Waals surface area contributed by atoms with Gasteiger partial charge in [0.2, 0.25) is 0 Å². The molecule has 1 heterocycles. The third kappa shape index (κ3) is 5.38. The normalized spacial score (nSPS) is 29.3. The fourth-order valence-corrected chi connectivity index (χ4v) is 4.20. The molecule has 1 aliphatic heterocycles. The van der Waals surface area contributed by atoms with E-state index in [4.69, 9.17) is 4.74 Å². The van der Waals surface area contributed by atoms with Gasteiger partial charge in [0.15, 0.2) is 0 Å². The minimum absolute atomic E-state index is 0.0346. The van der Waals surface area contributed by atoms with Gasteiger partial charge >= 0.3 is 0 Å². The third-order valence-corrected chi connectivity index (χ3v) is 5.71. The molecule has 2 atom stereocenters. The lowest BCUT2D eigenvalue weighted by Crippen LogP contribution is -2.61. The zero-order valence-electron chi connectivity index (χ0n) is 15.5. The van der Waals surface area contributed by atoms with E-state index in [0.29, 0.717) is 19.5 Å². The predicted molar refractivity (Wildman–Crippen MR) is 96.5 cm³/mol. The van der Waals surface area contributed by atoms with Crippen molar-refractivity contribution in [2.75, 3.05) is 26.2 Å². The Morgan fingerprint density at radius 1 is 1.04 bits per heavy atom. The molecule has 2 aliphatic rings. The van der Waals surface area contributed by atoms with Gasteiger partial charge in [0, 0.05) is 37.8 Å². The van der Waals surface area contributed by atoms with Gasteiger partial charge in [-0.25, -0.2) is 8.78 Å².